The number of nitrogens with one attached hydrogen (secondary N) is 1. The second-order valence-corrected chi connectivity index (χ2v) is 4.57. The summed E-state index contributed by atoms with van der Waals surface area (Å²) in [6.45, 7) is 7.88. The van der Waals surface area contributed by atoms with Crippen LogP contribution in [0.5, 0.6) is 5.75 Å². The smallest absolute Gasteiger partial charge is 0.244 e. The Morgan fingerprint density at radius 2 is 2.27 bits per heavy atom. The van der Waals surface area contributed by atoms with E-state index < -0.39 is 0 Å². The summed E-state index contributed by atoms with van der Waals surface area (Å²) in [5, 5.41) is 2.79. The van der Waals surface area contributed by atoms with E-state index in [4.69, 9.17) is 15.2 Å². The van der Waals surface area contributed by atoms with E-state index in [9.17, 15) is 4.79 Å². The molecular weight excluding hydrogens is 280 g/mol. The molecule has 0 aliphatic heterocycles. The number of anilines is 1. The lowest BCUT2D eigenvalue weighted by atomic mass is 10.1. The normalized spacial score (nSPS) is 10.6. The summed E-state index contributed by atoms with van der Waals surface area (Å²) in [5.74, 6) is 0.472. The molecule has 0 spiro atoms. The highest BCUT2D eigenvalue weighted by atomic mass is 16.5. The van der Waals surface area contributed by atoms with Gasteiger partial charge in [0.05, 0.1) is 5.69 Å². The third-order valence-electron chi connectivity index (χ3n) is 2.79. The van der Waals surface area contributed by atoms with Crippen molar-refractivity contribution in [1.82, 2.24) is 5.32 Å². The molecule has 0 aliphatic rings. The first-order valence-electron chi connectivity index (χ1n) is 7.34. The SMILES string of the molecule is C=CCOc1ccc(/C=C\C(=O)NCCCOCC)cc1N. The summed E-state index contributed by atoms with van der Waals surface area (Å²) in [5.41, 5.74) is 7.26. The Morgan fingerprint density at radius 1 is 1.45 bits per heavy atom. The lowest BCUT2D eigenvalue weighted by Crippen LogP contribution is -2.23. The number of nitrogens with two attached hydrogens (primary N) is 1. The van der Waals surface area contributed by atoms with Gasteiger partial charge in [-0.15, -0.1) is 0 Å². The summed E-state index contributed by atoms with van der Waals surface area (Å²) in [6.07, 6.45) is 5.66. The molecule has 1 aromatic carbocycles. The number of amides is 1. The number of nitrogen functional groups attached to an aromatic ring is 1. The molecule has 3 N–H and O–H groups in total. The zero-order valence-corrected chi connectivity index (χ0v) is 13.0. The monoisotopic (exact) mass is 304 g/mol. The summed E-state index contributed by atoms with van der Waals surface area (Å²) >= 11 is 0. The highest BCUT2D eigenvalue weighted by Crippen LogP contribution is 2.23. The van der Waals surface area contributed by atoms with Crippen LogP contribution in [-0.2, 0) is 9.53 Å². The van der Waals surface area contributed by atoms with Crippen molar-refractivity contribution >= 4 is 17.7 Å². The van der Waals surface area contributed by atoms with Crippen molar-refractivity contribution in [2.75, 3.05) is 32.1 Å². The number of hydrogen-bond donors (Lipinski definition) is 2. The molecule has 22 heavy (non-hydrogen) atoms. The number of carbonyl (C=O) groups is 1. The van der Waals surface area contributed by atoms with Gasteiger partial charge in [-0.3, -0.25) is 4.79 Å². The molecule has 1 aromatic rings. The lowest BCUT2D eigenvalue weighted by molar-refractivity contribution is -0.116. The number of hydrogen-bond acceptors (Lipinski definition) is 4. The van der Waals surface area contributed by atoms with Gasteiger partial charge in [0.2, 0.25) is 5.91 Å². The molecule has 0 atom stereocenters. The molecule has 0 radical (unpaired) electrons. The van der Waals surface area contributed by atoms with Gasteiger partial charge in [0.25, 0.3) is 0 Å². The van der Waals surface area contributed by atoms with Crippen LogP contribution in [0.4, 0.5) is 5.69 Å². The van der Waals surface area contributed by atoms with Crippen molar-refractivity contribution < 1.29 is 14.3 Å². The Labute approximate surface area is 131 Å². The van der Waals surface area contributed by atoms with Gasteiger partial charge < -0.3 is 20.5 Å². The van der Waals surface area contributed by atoms with Crippen LogP contribution >= 0.6 is 0 Å². The molecule has 0 unspecified atom stereocenters. The van der Waals surface area contributed by atoms with Gasteiger partial charge in [0.1, 0.15) is 12.4 Å². The first kappa shape index (κ1) is 17.8. The molecule has 0 aliphatic carbocycles. The molecule has 0 heterocycles. The predicted molar refractivity (Wildman–Crippen MR) is 89.7 cm³/mol. The molecule has 5 nitrogen and oxygen atoms in total. The van der Waals surface area contributed by atoms with Crippen LogP contribution in [0.2, 0.25) is 0 Å². The molecule has 0 fully saturated rings. The van der Waals surface area contributed by atoms with Crippen LogP contribution in [-0.4, -0.2) is 32.3 Å². The maximum atomic E-state index is 11.6. The number of rotatable bonds is 10. The Morgan fingerprint density at radius 3 is 2.95 bits per heavy atom. The zero-order valence-electron chi connectivity index (χ0n) is 13.0. The third kappa shape index (κ3) is 6.95. The van der Waals surface area contributed by atoms with E-state index in [0.29, 0.717) is 37.8 Å². The van der Waals surface area contributed by atoms with Crippen molar-refractivity contribution in [2.24, 2.45) is 0 Å². The highest BCUT2D eigenvalue weighted by Gasteiger charge is 2.00. The summed E-state index contributed by atoms with van der Waals surface area (Å²) < 4.78 is 10.6. The fourth-order valence-electron chi connectivity index (χ4n) is 1.71. The Hall–Kier alpha value is -2.27. The average Bonchev–Trinajstić information content (AvgIpc) is 2.52. The largest absolute Gasteiger partial charge is 0.487 e. The van der Waals surface area contributed by atoms with E-state index >= 15 is 0 Å². The first-order valence-corrected chi connectivity index (χ1v) is 7.34. The Bertz CT molecular complexity index is 513. The van der Waals surface area contributed by atoms with Crippen molar-refractivity contribution in [1.29, 1.82) is 0 Å². The van der Waals surface area contributed by atoms with Gasteiger partial charge in [0.15, 0.2) is 0 Å². The minimum atomic E-state index is -0.137. The second kappa shape index (κ2) is 10.5. The Balaban J connectivity index is 2.43. The Kier molecular flexibility index (Phi) is 8.45. The van der Waals surface area contributed by atoms with Gasteiger partial charge >= 0.3 is 0 Å². The standard InChI is InChI=1S/C17H24N2O3/c1-3-11-22-16-8-6-14(13-15(16)18)7-9-17(20)19-10-5-12-21-4-2/h3,6-9,13H,1,4-5,10-12,18H2,2H3,(H,19,20)/b9-7-. The summed E-state index contributed by atoms with van der Waals surface area (Å²) in [6, 6.07) is 5.38. The number of benzene rings is 1. The van der Waals surface area contributed by atoms with E-state index in [-0.39, 0.29) is 5.91 Å². The number of ether oxygens (including phenoxy) is 2. The van der Waals surface area contributed by atoms with E-state index in [1.54, 1.807) is 24.3 Å². The zero-order chi connectivity index (χ0) is 16.2. The maximum Gasteiger partial charge on any atom is 0.244 e. The summed E-state index contributed by atoms with van der Waals surface area (Å²) in [4.78, 5) is 11.6. The topological polar surface area (TPSA) is 73.6 Å². The quantitative estimate of drug-likeness (QED) is 0.301. The fourth-order valence-corrected chi connectivity index (χ4v) is 1.71. The van der Waals surface area contributed by atoms with E-state index in [1.165, 1.54) is 6.08 Å². The molecule has 0 bridgehead atoms. The van der Waals surface area contributed by atoms with E-state index in [0.717, 1.165) is 12.0 Å². The van der Waals surface area contributed by atoms with Crippen molar-refractivity contribution in [2.45, 2.75) is 13.3 Å². The summed E-state index contributed by atoms with van der Waals surface area (Å²) in [7, 11) is 0. The molecule has 0 aromatic heterocycles. The van der Waals surface area contributed by atoms with Crippen LogP contribution < -0.4 is 15.8 Å². The molecule has 1 amide bonds. The second-order valence-electron chi connectivity index (χ2n) is 4.57. The third-order valence-corrected chi connectivity index (χ3v) is 2.79. The predicted octanol–water partition coefficient (Wildman–Crippen LogP) is 2.39. The molecule has 5 heteroatoms. The van der Waals surface area contributed by atoms with Gasteiger partial charge in [-0.05, 0) is 37.1 Å². The van der Waals surface area contributed by atoms with Gasteiger partial charge in [-0.2, -0.15) is 0 Å². The highest BCUT2D eigenvalue weighted by molar-refractivity contribution is 5.91. The van der Waals surface area contributed by atoms with Gasteiger partial charge in [-0.25, -0.2) is 0 Å². The van der Waals surface area contributed by atoms with Crippen LogP contribution in [0.25, 0.3) is 6.08 Å². The van der Waals surface area contributed by atoms with Crippen molar-refractivity contribution in [3.05, 3.63) is 42.5 Å². The lowest BCUT2D eigenvalue weighted by Gasteiger charge is -2.07. The number of carbonyl (C=O) groups excluding carboxylic acids is 1. The molecule has 0 saturated carbocycles. The molecule has 0 saturated heterocycles. The molecular formula is C17H24N2O3. The minimum Gasteiger partial charge on any atom is -0.487 e. The minimum absolute atomic E-state index is 0.137. The maximum absolute atomic E-state index is 11.6. The van der Waals surface area contributed by atoms with Gasteiger partial charge in [0, 0.05) is 25.8 Å². The average molecular weight is 304 g/mol. The van der Waals surface area contributed by atoms with Crippen LogP contribution in [0.15, 0.2) is 36.9 Å². The molecule has 1 rings (SSSR count). The van der Waals surface area contributed by atoms with Gasteiger partial charge in [-0.1, -0.05) is 18.7 Å². The van der Waals surface area contributed by atoms with Crippen LogP contribution in [0, 0.1) is 0 Å². The van der Waals surface area contributed by atoms with E-state index in [2.05, 4.69) is 11.9 Å². The van der Waals surface area contributed by atoms with Crippen LogP contribution in [0.1, 0.15) is 18.9 Å². The van der Waals surface area contributed by atoms with Crippen molar-refractivity contribution in [3.8, 4) is 5.75 Å². The van der Waals surface area contributed by atoms with E-state index in [1.807, 2.05) is 13.0 Å². The van der Waals surface area contributed by atoms with Crippen molar-refractivity contribution in [3.63, 3.8) is 0 Å². The first-order chi connectivity index (χ1) is 10.7. The van der Waals surface area contributed by atoms with Crippen LogP contribution in [0.3, 0.4) is 0 Å². The molecule has 120 valence electrons. The fraction of sp³-hybridized carbons (Fsp3) is 0.353.